The summed E-state index contributed by atoms with van der Waals surface area (Å²) in [4.78, 5) is 11.1. The van der Waals surface area contributed by atoms with E-state index in [2.05, 4.69) is 4.74 Å². The molecule has 0 saturated heterocycles. The van der Waals surface area contributed by atoms with Crippen molar-refractivity contribution in [3.8, 4) is 0 Å². The van der Waals surface area contributed by atoms with Gasteiger partial charge in [0.1, 0.15) is 5.82 Å². The molecular formula is C11H13Cl2F2NO2. The second kappa shape index (κ2) is 7.51. The Morgan fingerprint density at radius 2 is 2.17 bits per heavy atom. The smallest absolute Gasteiger partial charge is 0.342 e. The van der Waals surface area contributed by atoms with E-state index in [9.17, 15) is 13.6 Å². The highest BCUT2D eigenvalue weighted by Crippen LogP contribution is 2.26. The maximum atomic E-state index is 13.6. The zero-order chi connectivity index (χ0) is 13.0. The van der Waals surface area contributed by atoms with Crippen molar-refractivity contribution in [1.29, 1.82) is 0 Å². The molecule has 0 bridgehead atoms. The molecule has 0 heterocycles. The topological polar surface area (TPSA) is 52.3 Å². The molecule has 1 rings (SSSR count). The van der Waals surface area contributed by atoms with Gasteiger partial charge in [-0.15, -0.1) is 12.4 Å². The number of hydrogen-bond acceptors (Lipinski definition) is 3. The monoisotopic (exact) mass is 299 g/mol. The Bertz CT molecular complexity index is 418. The van der Waals surface area contributed by atoms with Gasteiger partial charge < -0.3 is 10.5 Å². The summed E-state index contributed by atoms with van der Waals surface area (Å²) in [5.74, 6) is -1.68. The molecule has 0 spiro atoms. The van der Waals surface area contributed by atoms with E-state index >= 15 is 0 Å². The maximum absolute atomic E-state index is 13.6. The number of rotatable bonds is 4. The van der Waals surface area contributed by atoms with E-state index < -0.39 is 24.0 Å². The Labute approximate surface area is 115 Å². The van der Waals surface area contributed by atoms with E-state index in [4.69, 9.17) is 17.3 Å². The minimum Gasteiger partial charge on any atom is -0.464 e. The van der Waals surface area contributed by atoms with Gasteiger partial charge in [-0.1, -0.05) is 11.6 Å². The Hall–Kier alpha value is -0.910. The number of carbonyl (C=O) groups excluding carboxylic acids is 1. The van der Waals surface area contributed by atoms with Gasteiger partial charge in [-0.05, 0) is 30.7 Å². The van der Waals surface area contributed by atoms with Gasteiger partial charge in [0.25, 0.3) is 0 Å². The second-order valence-corrected chi connectivity index (χ2v) is 3.75. The summed E-state index contributed by atoms with van der Waals surface area (Å²) >= 11 is 5.75. The number of halogens is 4. The van der Waals surface area contributed by atoms with E-state index in [0.29, 0.717) is 0 Å². The van der Waals surface area contributed by atoms with Gasteiger partial charge in [0.05, 0.1) is 12.6 Å². The van der Waals surface area contributed by atoms with Gasteiger partial charge in [-0.3, -0.25) is 0 Å². The molecule has 0 aliphatic carbocycles. The fourth-order valence-electron chi connectivity index (χ4n) is 1.30. The number of nitrogens with two attached hydrogens (primary N) is 1. The Kier molecular flexibility index (Phi) is 7.13. The standard InChI is InChI=1S/C11H12ClF2NO2.ClH/c1-2-17-11(16)9(14)10(15)7-5-6(13)3-4-8(7)12;/h3-5,9-10H,2,15H2,1H3;1H/t9?,10-;/m0./s1. The third-order valence-corrected chi connectivity index (χ3v) is 2.49. The largest absolute Gasteiger partial charge is 0.464 e. The number of hydrogen-bond donors (Lipinski definition) is 1. The normalized spacial score (nSPS) is 13.4. The van der Waals surface area contributed by atoms with Crippen LogP contribution in [0.3, 0.4) is 0 Å². The minimum atomic E-state index is -2.07. The molecule has 0 saturated carbocycles. The van der Waals surface area contributed by atoms with Crippen LogP contribution in [-0.4, -0.2) is 18.7 Å². The van der Waals surface area contributed by atoms with Crippen LogP contribution < -0.4 is 5.73 Å². The average Bonchev–Trinajstić information content (AvgIpc) is 2.30. The second-order valence-electron chi connectivity index (χ2n) is 3.35. The van der Waals surface area contributed by atoms with Crippen molar-refractivity contribution in [2.45, 2.75) is 19.1 Å². The van der Waals surface area contributed by atoms with Crippen LogP contribution in [0.1, 0.15) is 18.5 Å². The molecule has 2 atom stereocenters. The molecule has 18 heavy (non-hydrogen) atoms. The number of benzene rings is 1. The first-order chi connectivity index (χ1) is 7.97. The van der Waals surface area contributed by atoms with Crippen LogP contribution in [0.5, 0.6) is 0 Å². The third-order valence-electron chi connectivity index (χ3n) is 2.14. The van der Waals surface area contributed by atoms with Crippen molar-refractivity contribution < 1.29 is 18.3 Å². The van der Waals surface area contributed by atoms with Crippen LogP contribution in [0.2, 0.25) is 5.02 Å². The van der Waals surface area contributed by atoms with E-state index in [1.807, 2.05) is 0 Å². The molecule has 3 nitrogen and oxygen atoms in total. The summed E-state index contributed by atoms with van der Waals surface area (Å²) < 4.78 is 31.0. The van der Waals surface area contributed by atoms with E-state index in [-0.39, 0.29) is 29.6 Å². The van der Waals surface area contributed by atoms with Crippen molar-refractivity contribution in [1.82, 2.24) is 0 Å². The predicted molar refractivity (Wildman–Crippen MR) is 67.1 cm³/mol. The Morgan fingerprint density at radius 1 is 1.56 bits per heavy atom. The fraction of sp³-hybridized carbons (Fsp3) is 0.364. The number of ether oxygens (including phenoxy) is 1. The molecule has 1 aromatic rings. The van der Waals surface area contributed by atoms with Crippen LogP contribution >= 0.6 is 24.0 Å². The van der Waals surface area contributed by atoms with Gasteiger partial charge in [0, 0.05) is 5.02 Å². The predicted octanol–water partition coefficient (Wildman–Crippen LogP) is 2.80. The molecule has 102 valence electrons. The van der Waals surface area contributed by atoms with Crippen molar-refractivity contribution in [2.24, 2.45) is 5.73 Å². The van der Waals surface area contributed by atoms with E-state index in [0.717, 1.165) is 12.1 Å². The van der Waals surface area contributed by atoms with E-state index in [1.165, 1.54) is 6.07 Å². The lowest BCUT2D eigenvalue weighted by molar-refractivity contribution is -0.149. The summed E-state index contributed by atoms with van der Waals surface area (Å²) in [6.07, 6.45) is -2.07. The van der Waals surface area contributed by atoms with Gasteiger partial charge in [0.15, 0.2) is 0 Å². The zero-order valence-electron chi connectivity index (χ0n) is 9.53. The van der Waals surface area contributed by atoms with Gasteiger partial charge in [0.2, 0.25) is 6.17 Å². The van der Waals surface area contributed by atoms with Crippen molar-refractivity contribution >= 4 is 30.0 Å². The molecule has 0 amide bonds. The molecule has 2 N–H and O–H groups in total. The molecule has 0 aromatic heterocycles. The SMILES string of the molecule is CCOC(=O)C(F)[C@@H](N)c1cc(F)ccc1Cl.Cl. The summed E-state index contributed by atoms with van der Waals surface area (Å²) in [7, 11) is 0. The first-order valence-corrected chi connectivity index (χ1v) is 5.36. The summed E-state index contributed by atoms with van der Waals surface area (Å²) in [5.41, 5.74) is 5.55. The lowest BCUT2D eigenvalue weighted by Crippen LogP contribution is -2.31. The molecule has 0 fully saturated rings. The number of alkyl halides is 1. The zero-order valence-corrected chi connectivity index (χ0v) is 11.1. The third kappa shape index (κ3) is 4.08. The summed E-state index contributed by atoms with van der Waals surface area (Å²) in [5, 5.41) is 0.103. The van der Waals surface area contributed by atoms with E-state index in [1.54, 1.807) is 6.92 Å². The van der Waals surface area contributed by atoms with Crippen molar-refractivity contribution in [2.75, 3.05) is 6.61 Å². The first kappa shape index (κ1) is 17.1. The number of carbonyl (C=O) groups is 1. The molecular weight excluding hydrogens is 287 g/mol. The minimum absolute atomic E-state index is 0. The maximum Gasteiger partial charge on any atom is 0.342 e. The van der Waals surface area contributed by atoms with Crippen LogP contribution in [0.25, 0.3) is 0 Å². The molecule has 0 aliphatic heterocycles. The highest BCUT2D eigenvalue weighted by atomic mass is 35.5. The quantitative estimate of drug-likeness (QED) is 0.870. The highest BCUT2D eigenvalue weighted by molar-refractivity contribution is 6.31. The lowest BCUT2D eigenvalue weighted by Gasteiger charge is -2.17. The molecule has 0 aliphatic rings. The fourth-order valence-corrected chi connectivity index (χ4v) is 1.54. The van der Waals surface area contributed by atoms with Crippen LogP contribution in [-0.2, 0) is 9.53 Å². The van der Waals surface area contributed by atoms with Gasteiger partial charge in [-0.25, -0.2) is 13.6 Å². The molecule has 0 radical (unpaired) electrons. The van der Waals surface area contributed by atoms with Crippen LogP contribution in [0, 0.1) is 5.82 Å². The Balaban J connectivity index is 0.00000289. The molecule has 7 heteroatoms. The van der Waals surface area contributed by atoms with Crippen LogP contribution in [0.4, 0.5) is 8.78 Å². The number of esters is 1. The lowest BCUT2D eigenvalue weighted by atomic mass is 10.0. The first-order valence-electron chi connectivity index (χ1n) is 4.98. The highest BCUT2D eigenvalue weighted by Gasteiger charge is 2.29. The average molecular weight is 300 g/mol. The summed E-state index contributed by atoms with van der Waals surface area (Å²) in [6, 6.07) is 2.02. The van der Waals surface area contributed by atoms with Crippen molar-refractivity contribution in [3.05, 3.63) is 34.6 Å². The summed E-state index contributed by atoms with van der Waals surface area (Å²) in [6.45, 7) is 1.59. The molecule has 1 unspecified atom stereocenters. The Morgan fingerprint density at radius 3 is 2.72 bits per heavy atom. The van der Waals surface area contributed by atoms with Gasteiger partial charge in [-0.2, -0.15) is 0 Å². The van der Waals surface area contributed by atoms with Crippen LogP contribution in [0.15, 0.2) is 18.2 Å². The molecule has 1 aromatic carbocycles. The van der Waals surface area contributed by atoms with Crippen molar-refractivity contribution in [3.63, 3.8) is 0 Å². The van der Waals surface area contributed by atoms with Gasteiger partial charge >= 0.3 is 5.97 Å².